The first-order valence-electron chi connectivity index (χ1n) is 5.83. The van der Waals surface area contributed by atoms with Crippen molar-refractivity contribution < 1.29 is 4.79 Å². The Bertz CT molecular complexity index is 269. The number of nitrogens with one attached hydrogen (secondary N) is 1. The maximum atomic E-state index is 12.4. The molecule has 0 amide bonds. The van der Waals surface area contributed by atoms with Crippen LogP contribution in [-0.4, -0.2) is 16.9 Å². The van der Waals surface area contributed by atoms with Crippen molar-refractivity contribution in [1.82, 2.24) is 5.32 Å². The summed E-state index contributed by atoms with van der Waals surface area (Å²) in [5.41, 5.74) is -0.495. The fraction of sp³-hybridized carbons (Fsp3) is 0.923. The van der Waals surface area contributed by atoms with E-state index < -0.39 is 0 Å². The highest BCUT2D eigenvalue weighted by atomic mass is 16.1. The van der Waals surface area contributed by atoms with Gasteiger partial charge in [0.1, 0.15) is 0 Å². The Kier molecular flexibility index (Phi) is 2.80. The second-order valence-electron chi connectivity index (χ2n) is 7.03. The SMILES string of the molecule is C[C@H]1C[C@@]1(NC(C)(C)C)C(=O)C(C)(C)C. The zero-order valence-corrected chi connectivity index (χ0v) is 11.2. The second-order valence-corrected chi connectivity index (χ2v) is 7.03. The smallest absolute Gasteiger partial charge is 0.158 e. The van der Waals surface area contributed by atoms with Gasteiger partial charge >= 0.3 is 0 Å². The minimum absolute atomic E-state index is 0.00563. The van der Waals surface area contributed by atoms with E-state index in [4.69, 9.17) is 0 Å². The van der Waals surface area contributed by atoms with Crippen LogP contribution in [0.4, 0.5) is 0 Å². The summed E-state index contributed by atoms with van der Waals surface area (Å²) >= 11 is 0. The van der Waals surface area contributed by atoms with Gasteiger partial charge in [0, 0.05) is 11.0 Å². The molecule has 15 heavy (non-hydrogen) atoms. The third-order valence-electron chi connectivity index (χ3n) is 2.99. The van der Waals surface area contributed by atoms with Crippen LogP contribution in [-0.2, 0) is 4.79 Å². The summed E-state index contributed by atoms with van der Waals surface area (Å²) in [6.45, 7) is 14.5. The largest absolute Gasteiger partial charge is 0.300 e. The van der Waals surface area contributed by atoms with Crippen molar-refractivity contribution >= 4 is 5.78 Å². The van der Waals surface area contributed by atoms with Crippen LogP contribution in [0, 0.1) is 11.3 Å². The molecule has 0 spiro atoms. The molecule has 2 atom stereocenters. The number of rotatable bonds is 2. The molecule has 2 heteroatoms. The number of carbonyl (C=O) groups is 1. The maximum absolute atomic E-state index is 12.4. The van der Waals surface area contributed by atoms with Crippen LogP contribution in [0.15, 0.2) is 0 Å². The van der Waals surface area contributed by atoms with Gasteiger partial charge in [-0.1, -0.05) is 27.7 Å². The van der Waals surface area contributed by atoms with Crippen LogP contribution in [0.25, 0.3) is 0 Å². The van der Waals surface area contributed by atoms with Gasteiger partial charge in [0.05, 0.1) is 5.54 Å². The van der Waals surface area contributed by atoms with Crippen LogP contribution < -0.4 is 5.32 Å². The molecule has 0 bridgehead atoms. The Hall–Kier alpha value is -0.370. The summed E-state index contributed by atoms with van der Waals surface area (Å²) in [7, 11) is 0. The zero-order chi connectivity index (χ0) is 12.1. The Morgan fingerprint density at radius 2 is 1.60 bits per heavy atom. The maximum Gasteiger partial charge on any atom is 0.158 e. The fourth-order valence-electron chi connectivity index (χ4n) is 2.31. The first-order valence-corrected chi connectivity index (χ1v) is 5.83. The number of hydrogen-bond donors (Lipinski definition) is 1. The van der Waals surface area contributed by atoms with Crippen molar-refractivity contribution in [1.29, 1.82) is 0 Å². The Morgan fingerprint density at radius 3 is 1.80 bits per heavy atom. The van der Waals surface area contributed by atoms with Gasteiger partial charge in [0.25, 0.3) is 0 Å². The summed E-state index contributed by atoms with van der Waals surface area (Å²) < 4.78 is 0. The standard InChI is InChI=1S/C13H25NO/c1-9-8-13(9,14-12(5,6)7)10(15)11(2,3)4/h9,14H,8H2,1-7H3/t9-,13-/m0/s1. The van der Waals surface area contributed by atoms with E-state index in [2.05, 4.69) is 33.0 Å². The van der Waals surface area contributed by atoms with E-state index in [1.165, 1.54) is 0 Å². The monoisotopic (exact) mass is 211 g/mol. The molecule has 0 aromatic heterocycles. The molecule has 0 aromatic rings. The van der Waals surface area contributed by atoms with Gasteiger partial charge in [-0.05, 0) is 33.1 Å². The van der Waals surface area contributed by atoms with Crippen molar-refractivity contribution in [3.8, 4) is 0 Å². The number of hydrogen-bond acceptors (Lipinski definition) is 2. The highest BCUT2D eigenvalue weighted by Gasteiger charge is 2.60. The van der Waals surface area contributed by atoms with Gasteiger partial charge < -0.3 is 0 Å². The van der Waals surface area contributed by atoms with Gasteiger partial charge in [0.15, 0.2) is 5.78 Å². The van der Waals surface area contributed by atoms with E-state index in [1.807, 2.05) is 20.8 Å². The third kappa shape index (κ3) is 2.60. The lowest BCUT2D eigenvalue weighted by Crippen LogP contribution is -2.54. The van der Waals surface area contributed by atoms with Crippen molar-refractivity contribution in [2.75, 3.05) is 0 Å². The van der Waals surface area contributed by atoms with Crippen molar-refractivity contribution in [2.45, 2.75) is 66.0 Å². The lowest BCUT2D eigenvalue weighted by Gasteiger charge is -2.32. The second kappa shape index (κ2) is 3.31. The fourth-order valence-corrected chi connectivity index (χ4v) is 2.31. The van der Waals surface area contributed by atoms with Crippen molar-refractivity contribution in [2.24, 2.45) is 11.3 Å². The molecule has 1 aliphatic carbocycles. The van der Waals surface area contributed by atoms with Crippen LogP contribution in [0.5, 0.6) is 0 Å². The van der Waals surface area contributed by atoms with Gasteiger partial charge in [-0.3, -0.25) is 10.1 Å². The van der Waals surface area contributed by atoms with Gasteiger partial charge in [-0.2, -0.15) is 0 Å². The summed E-state index contributed by atoms with van der Waals surface area (Å²) in [4.78, 5) is 12.4. The Labute approximate surface area is 93.8 Å². The van der Waals surface area contributed by atoms with Crippen LogP contribution in [0.3, 0.4) is 0 Å². The number of ketones is 1. The summed E-state index contributed by atoms with van der Waals surface area (Å²) in [5, 5.41) is 3.51. The number of carbonyl (C=O) groups excluding carboxylic acids is 1. The molecule has 1 N–H and O–H groups in total. The van der Waals surface area contributed by atoms with Crippen LogP contribution in [0.2, 0.25) is 0 Å². The molecule has 88 valence electrons. The molecule has 1 saturated carbocycles. The molecule has 1 rings (SSSR count). The highest BCUT2D eigenvalue weighted by Crippen LogP contribution is 2.48. The highest BCUT2D eigenvalue weighted by molar-refractivity contribution is 5.96. The first kappa shape index (κ1) is 12.7. The normalized spacial score (nSPS) is 31.5. The molecule has 0 aromatic carbocycles. The topological polar surface area (TPSA) is 29.1 Å². The predicted molar refractivity (Wildman–Crippen MR) is 63.9 cm³/mol. The molecule has 0 aliphatic heterocycles. The molecule has 0 unspecified atom stereocenters. The Balaban J connectivity index is 2.85. The average Bonchev–Trinajstić information content (AvgIpc) is 2.55. The van der Waals surface area contributed by atoms with E-state index >= 15 is 0 Å². The molecular formula is C13H25NO. The molecule has 1 fully saturated rings. The molecule has 1 aliphatic rings. The van der Waals surface area contributed by atoms with Gasteiger partial charge in [-0.25, -0.2) is 0 Å². The summed E-state index contributed by atoms with van der Waals surface area (Å²) in [6, 6.07) is 0. The van der Waals surface area contributed by atoms with E-state index in [0.29, 0.717) is 11.7 Å². The lowest BCUT2D eigenvalue weighted by atomic mass is 9.83. The van der Waals surface area contributed by atoms with E-state index in [1.54, 1.807) is 0 Å². The van der Waals surface area contributed by atoms with E-state index in [0.717, 1.165) is 6.42 Å². The van der Waals surface area contributed by atoms with Crippen LogP contribution in [0.1, 0.15) is 54.9 Å². The van der Waals surface area contributed by atoms with E-state index in [9.17, 15) is 4.79 Å². The van der Waals surface area contributed by atoms with Crippen LogP contribution >= 0.6 is 0 Å². The quantitative estimate of drug-likeness (QED) is 0.761. The molecule has 0 saturated heterocycles. The average molecular weight is 211 g/mol. The molecule has 0 radical (unpaired) electrons. The van der Waals surface area contributed by atoms with Crippen molar-refractivity contribution in [3.05, 3.63) is 0 Å². The molecule has 0 heterocycles. The van der Waals surface area contributed by atoms with Crippen molar-refractivity contribution in [3.63, 3.8) is 0 Å². The lowest BCUT2D eigenvalue weighted by molar-refractivity contribution is -0.130. The summed E-state index contributed by atoms with van der Waals surface area (Å²) in [6.07, 6.45) is 0.986. The number of Topliss-reactive ketones (excluding diaryl/α,β-unsaturated/α-hetero) is 1. The van der Waals surface area contributed by atoms with Gasteiger partial charge in [-0.15, -0.1) is 0 Å². The Morgan fingerprint density at radius 1 is 1.20 bits per heavy atom. The predicted octanol–water partition coefficient (Wildman–Crippen LogP) is 2.77. The molecule has 2 nitrogen and oxygen atoms in total. The minimum Gasteiger partial charge on any atom is -0.300 e. The third-order valence-corrected chi connectivity index (χ3v) is 2.99. The van der Waals surface area contributed by atoms with Gasteiger partial charge in [0.2, 0.25) is 0 Å². The van der Waals surface area contributed by atoms with E-state index in [-0.39, 0.29) is 16.5 Å². The zero-order valence-electron chi connectivity index (χ0n) is 11.2. The summed E-state index contributed by atoms with van der Waals surface area (Å²) in [5.74, 6) is 0.834. The molecular weight excluding hydrogens is 186 g/mol. The minimum atomic E-state index is -0.253. The first-order chi connectivity index (χ1) is 6.49.